The lowest BCUT2D eigenvalue weighted by Crippen LogP contribution is -2.41. The van der Waals surface area contributed by atoms with E-state index in [0.717, 1.165) is 16.9 Å². The van der Waals surface area contributed by atoms with Gasteiger partial charge in [-0.25, -0.2) is 9.78 Å². The van der Waals surface area contributed by atoms with Crippen LogP contribution in [0, 0.1) is 0 Å². The molecule has 2 heterocycles. The third kappa shape index (κ3) is 3.45. The summed E-state index contributed by atoms with van der Waals surface area (Å²) in [4.78, 5) is 30.7. The molecule has 6 nitrogen and oxygen atoms in total. The fourth-order valence-corrected chi connectivity index (χ4v) is 3.51. The molecule has 0 N–H and O–H groups in total. The van der Waals surface area contributed by atoms with Gasteiger partial charge in [-0.3, -0.25) is 13.9 Å². The van der Waals surface area contributed by atoms with Crippen LogP contribution in [0.1, 0.15) is 24.1 Å². The summed E-state index contributed by atoms with van der Waals surface area (Å²) in [6.45, 7) is 2.11. The number of fused-ring (bicyclic) bond motifs is 1. The van der Waals surface area contributed by atoms with E-state index in [-0.39, 0.29) is 23.8 Å². The Morgan fingerprint density at radius 2 is 1.69 bits per heavy atom. The third-order valence-electron chi connectivity index (χ3n) is 5.10. The zero-order valence-corrected chi connectivity index (χ0v) is 16.3. The molecule has 4 aromatic rings. The normalized spacial score (nSPS) is 12.1. The van der Waals surface area contributed by atoms with E-state index < -0.39 is 5.56 Å². The van der Waals surface area contributed by atoms with Gasteiger partial charge in [0.25, 0.3) is 5.56 Å². The predicted molar refractivity (Wildman–Crippen MR) is 113 cm³/mol. The number of pyridine rings is 1. The molecular weight excluding hydrogens is 366 g/mol. The monoisotopic (exact) mass is 387 g/mol. The summed E-state index contributed by atoms with van der Waals surface area (Å²) < 4.78 is 8.07. The molecule has 146 valence electrons. The first-order valence-corrected chi connectivity index (χ1v) is 9.38. The van der Waals surface area contributed by atoms with Crippen molar-refractivity contribution in [3.8, 4) is 5.75 Å². The Kier molecular flexibility index (Phi) is 4.99. The Hall–Kier alpha value is -3.67. The van der Waals surface area contributed by atoms with Crippen LogP contribution in [0.5, 0.6) is 5.75 Å². The Morgan fingerprint density at radius 3 is 2.38 bits per heavy atom. The molecule has 2 aromatic carbocycles. The Balaban J connectivity index is 1.91. The van der Waals surface area contributed by atoms with Crippen LogP contribution in [-0.4, -0.2) is 21.2 Å². The van der Waals surface area contributed by atoms with Gasteiger partial charge in [0.1, 0.15) is 5.75 Å². The summed E-state index contributed by atoms with van der Waals surface area (Å²) in [7, 11) is 1.60. The van der Waals surface area contributed by atoms with E-state index >= 15 is 0 Å². The van der Waals surface area contributed by atoms with Crippen molar-refractivity contribution in [1.29, 1.82) is 0 Å². The highest BCUT2D eigenvalue weighted by atomic mass is 16.5. The summed E-state index contributed by atoms with van der Waals surface area (Å²) in [5.74, 6) is 0.719. The minimum Gasteiger partial charge on any atom is -0.497 e. The SMILES string of the molecule is COc1ccc(Cn2c(=O)c3ncccc3n(C(C)c3ccccc3)c2=O)cc1. The second kappa shape index (κ2) is 7.75. The number of ether oxygens (including phenoxy) is 1. The standard InChI is InChI=1S/C23H21N3O3/c1-16(18-7-4-3-5-8-18)26-20-9-6-14-24-21(20)22(27)25(23(26)28)15-17-10-12-19(29-2)13-11-17/h3-14,16H,15H2,1-2H3. The molecule has 0 fully saturated rings. The molecule has 1 unspecified atom stereocenters. The molecular formula is C23H21N3O3. The zero-order chi connectivity index (χ0) is 20.4. The topological polar surface area (TPSA) is 66.1 Å². The molecule has 4 rings (SSSR count). The zero-order valence-electron chi connectivity index (χ0n) is 16.3. The van der Waals surface area contributed by atoms with Crippen LogP contribution in [-0.2, 0) is 6.54 Å². The van der Waals surface area contributed by atoms with Crippen molar-refractivity contribution in [3.05, 3.63) is 105 Å². The molecule has 0 saturated heterocycles. The molecule has 0 aliphatic rings. The van der Waals surface area contributed by atoms with Gasteiger partial charge in [-0.15, -0.1) is 0 Å². The second-order valence-corrected chi connectivity index (χ2v) is 6.85. The van der Waals surface area contributed by atoms with Crippen LogP contribution in [0.3, 0.4) is 0 Å². The average molecular weight is 387 g/mol. The lowest BCUT2D eigenvalue weighted by Gasteiger charge is -2.20. The molecule has 0 radical (unpaired) electrons. The Bertz CT molecular complexity index is 1260. The van der Waals surface area contributed by atoms with Crippen LogP contribution in [0.25, 0.3) is 11.0 Å². The average Bonchev–Trinajstić information content (AvgIpc) is 2.77. The maximum Gasteiger partial charge on any atom is 0.332 e. The van der Waals surface area contributed by atoms with E-state index in [0.29, 0.717) is 5.52 Å². The number of benzene rings is 2. The van der Waals surface area contributed by atoms with Gasteiger partial charge in [-0.2, -0.15) is 0 Å². The summed E-state index contributed by atoms with van der Waals surface area (Å²) in [5.41, 5.74) is 1.88. The fraction of sp³-hybridized carbons (Fsp3) is 0.174. The summed E-state index contributed by atoms with van der Waals surface area (Å²) in [6, 6.07) is 20.3. The molecule has 0 saturated carbocycles. The number of aromatic nitrogens is 3. The first-order valence-electron chi connectivity index (χ1n) is 9.38. The first kappa shape index (κ1) is 18.7. The predicted octanol–water partition coefficient (Wildman–Crippen LogP) is 3.22. The number of hydrogen-bond acceptors (Lipinski definition) is 4. The Morgan fingerprint density at radius 1 is 0.966 bits per heavy atom. The molecule has 0 bridgehead atoms. The maximum absolute atomic E-state index is 13.4. The van der Waals surface area contributed by atoms with E-state index in [2.05, 4.69) is 4.98 Å². The lowest BCUT2D eigenvalue weighted by atomic mass is 10.1. The second-order valence-electron chi connectivity index (χ2n) is 6.85. The molecule has 0 aliphatic carbocycles. The van der Waals surface area contributed by atoms with Gasteiger partial charge >= 0.3 is 5.69 Å². The Labute approximate surface area is 167 Å². The highest BCUT2D eigenvalue weighted by Gasteiger charge is 2.19. The van der Waals surface area contributed by atoms with Gasteiger partial charge in [-0.1, -0.05) is 42.5 Å². The first-order chi connectivity index (χ1) is 14.1. The molecule has 6 heteroatoms. The van der Waals surface area contributed by atoms with Gasteiger partial charge in [0.05, 0.1) is 25.2 Å². The van der Waals surface area contributed by atoms with Crippen molar-refractivity contribution in [3.63, 3.8) is 0 Å². The third-order valence-corrected chi connectivity index (χ3v) is 5.10. The minimum absolute atomic E-state index is 0.162. The van der Waals surface area contributed by atoms with E-state index in [1.54, 1.807) is 30.0 Å². The molecule has 0 spiro atoms. The van der Waals surface area contributed by atoms with Crippen molar-refractivity contribution in [1.82, 2.24) is 14.1 Å². The molecule has 2 aromatic heterocycles. The summed E-state index contributed by atoms with van der Waals surface area (Å²) in [5, 5.41) is 0. The van der Waals surface area contributed by atoms with Crippen LogP contribution < -0.4 is 16.0 Å². The van der Waals surface area contributed by atoms with Gasteiger partial charge in [0, 0.05) is 6.20 Å². The van der Waals surface area contributed by atoms with Crippen molar-refractivity contribution in [2.45, 2.75) is 19.5 Å². The van der Waals surface area contributed by atoms with E-state index in [1.165, 1.54) is 4.57 Å². The molecule has 0 amide bonds. The van der Waals surface area contributed by atoms with Crippen molar-refractivity contribution in [2.75, 3.05) is 7.11 Å². The van der Waals surface area contributed by atoms with Crippen molar-refractivity contribution >= 4 is 11.0 Å². The largest absolute Gasteiger partial charge is 0.497 e. The van der Waals surface area contributed by atoms with E-state index in [4.69, 9.17) is 4.74 Å². The van der Waals surface area contributed by atoms with Gasteiger partial charge < -0.3 is 4.74 Å². The molecule has 29 heavy (non-hydrogen) atoms. The smallest absolute Gasteiger partial charge is 0.332 e. The number of methoxy groups -OCH3 is 1. The van der Waals surface area contributed by atoms with Crippen molar-refractivity contribution in [2.24, 2.45) is 0 Å². The quantitative estimate of drug-likeness (QED) is 0.527. The molecule has 0 aliphatic heterocycles. The van der Waals surface area contributed by atoms with Crippen LogP contribution in [0.15, 0.2) is 82.5 Å². The summed E-state index contributed by atoms with van der Waals surface area (Å²) in [6.07, 6.45) is 1.57. The lowest BCUT2D eigenvalue weighted by molar-refractivity contribution is 0.414. The van der Waals surface area contributed by atoms with Gasteiger partial charge in [-0.05, 0) is 42.3 Å². The van der Waals surface area contributed by atoms with E-state index in [9.17, 15) is 9.59 Å². The van der Waals surface area contributed by atoms with Crippen LogP contribution in [0.2, 0.25) is 0 Å². The maximum atomic E-state index is 13.4. The number of hydrogen-bond donors (Lipinski definition) is 0. The van der Waals surface area contributed by atoms with Crippen LogP contribution >= 0.6 is 0 Å². The number of nitrogens with zero attached hydrogens (tertiary/aromatic N) is 3. The minimum atomic E-state index is -0.391. The highest BCUT2D eigenvalue weighted by molar-refractivity contribution is 5.73. The molecule has 1 atom stereocenters. The number of rotatable bonds is 5. The van der Waals surface area contributed by atoms with Gasteiger partial charge in [0.15, 0.2) is 5.52 Å². The van der Waals surface area contributed by atoms with Crippen molar-refractivity contribution < 1.29 is 4.74 Å². The highest BCUT2D eigenvalue weighted by Crippen LogP contribution is 2.19. The summed E-state index contributed by atoms with van der Waals surface area (Å²) >= 11 is 0. The van der Waals surface area contributed by atoms with Crippen LogP contribution in [0.4, 0.5) is 0 Å². The van der Waals surface area contributed by atoms with E-state index in [1.807, 2.05) is 61.5 Å². The fourth-order valence-electron chi connectivity index (χ4n) is 3.51. The van der Waals surface area contributed by atoms with Gasteiger partial charge in [0.2, 0.25) is 0 Å².